The summed E-state index contributed by atoms with van der Waals surface area (Å²) in [5, 5.41) is 21.7. The number of carbonyl (C=O) groups is 1. The van der Waals surface area contributed by atoms with Gasteiger partial charge in [0.25, 0.3) is 5.91 Å². The first kappa shape index (κ1) is 18.1. The van der Waals surface area contributed by atoms with E-state index >= 15 is 0 Å². The van der Waals surface area contributed by atoms with Gasteiger partial charge in [0.2, 0.25) is 0 Å². The number of anilines is 1. The van der Waals surface area contributed by atoms with Crippen LogP contribution >= 0.6 is 0 Å². The highest BCUT2D eigenvalue weighted by atomic mass is 16.5. The number of hydrogen-bond donors (Lipinski definition) is 4. The molecule has 9 nitrogen and oxygen atoms in total. The van der Waals surface area contributed by atoms with Crippen molar-refractivity contribution < 1.29 is 19.7 Å². The number of benzene rings is 1. The second-order valence-electron chi connectivity index (χ2n) is 6.01. The summed E-state index contributed by atoms with van der Waals surface area (Å²) in [6, 6.07) is 9.33. The van der Waals surface area contributed by atoms with Crippen LogP contribution in [0.3, 0.4) is 0 Å². The Morgan fingerprint density at radius 3 is 2.77 bits per heavy atom. The molecule has 1 saturated heterocycles. The maximum atomic E-state index is 12.4. The van der Waals surface area contributed by atoms with E-state index in [2.05, 4.69) is 10.3 Å². The molecule has 138 valence electrons. The van der Waals surface area contributed by atoms with Crippen molar-refractivity contribution in [1.29, 1.82) is 0 Å². The third-order valence-corrected chi connectivity index (χ3v) is 4.22. The minimum absolute atomic E-state index is 0.0334. The Bertz CT molecular complexity index is 839. The largest absolute Gasteiger partial charge is 0.394 e. The fraction of sp³-hybridized carbons (Fsp3) is 0.353. The number of ether oxygens (including phenoxy) is 1. The van der Waals surface area contributed by atoms with Crippen molar-refractivity contribution in [2.75, 3.05) is 12.3 Å². The third kappa shape index (κ3) is 3.74. The number of nitrogen functional groups attached to an aromatic ring is 1. The minimum atomic E-state index is -0.912. The van der Waals surface area contributed by atoms with Gasteiger partial charge in [0.1, 0.15) is 18.1 Å². The maximum Gasteiger partial charge on any atom is 0.351 e. The van der Waals surface area contributed by atoms with Crippen LogP contribution in [0.5, 0.6) is 0 Å². The molecular formula is C17H20N4O5. The third-order valence-electron chi connectivity index (χ3n) is 4.22. The van der Waals surface area contributed by atoms with Crippen LogP contribution in [0.25, 0.3) is 0 Å². The lowest BCUT2D eigenvalue weighted by Gasteiger charge is -2.16. The molecule has 3 rings (SSSR count). The molecule has 1 fully saturated rings. The lowest BCUT2D eigenvalue weighted by Crippen LogP contribution is -2.32. The van der Waals surface area contributed by atoms with Crippen LogP contribution in [0.1, 0.15) is 28.6 Å². The Kier molecular flexibility index (Phi) is 5.31. The number of amides is 1. The van der Waals surface area contributed by atoms with Crippen LogP contribution in [-0.2, 0) is 11.3 Å². The standard InChI is InChI=1S/C17H20N4O5/c18-15-11(16(24)19-7-10-4-2-1-3-5-10)8-21(17(25)20-15)14-6-12(23)13(9-22)26-14/h1-5,8,12-14,22-23H,6-7,9H2,(H,19,24)(H2,18,20,25)/t12-,13+,14+/m0/s1. The molecule has 1 aromatic carbocycles. The van der Waals surface area contributed by atoms with E-state index in [1.807, 2.05) is 30.3 Å². The van der Waals surface area contributed by atoms with E-state index in [9.17, 15) is 14.7 Å². The molecule has 1 aliphatic heterocycles. The van der Waals surface area contributed by atoms with E-state index in [4.69, 9.17) is 15.6 Å². The number of nitrogens with zero attached hydrogens (tertiary/aromatic N) is 2. The van der Waals surface area contributed by atoms with Gasteiger partial charge in [-0.15, -0.1) is 0 Å². The Morgan fingerprint density at radius 1 is 1.38 bits per heavy atom. The average Bonchev–Trinajstić information content (AvgIpc) is 3.01. The highest BCUT2D eigenvalue weighted by molar-refractivity contribution is 5.97. The second-order valence-corrected chi connectivity index (χ2v) is 6.01. The van der Waals surface area contributed by atoms with Gasteiger partial charge in [-0.3, -0.25) is 9.36 Å². The van der Waals surface area contributed by atoms with Crippen molar-refractivity contribution >= 4 is 11.7 Å². The van der Waals surface area contributed by atoms with Crippen LogP contribution in [0.4, 0.5) is 5.82 Å². The number of hydrogen-bond acceptors (Lipinski definition) is 7. The molecule has 0 aliphatic carbocycles. The zero-order valence-corrected chi connectivity index (χ0v) is 13.9. The number of carbonyl (C=O) groups excluding carboxylic acids is 1. The van der Waals surface area contributed by atoms with Crippen LogP contribution < -0.4 is 16.7 Å². The van der Waals surface area contributed by atoms with Gasteiger partial charge in [-0.25, -0.2) is 4.79 Å². The van der Waals surface area contributed by atoms with Crippen LogP contribution in [-0.4, -0.2) is 44.5 Å². The van der Waals surface area contributed by atoms with Crippen molar-refractivity contribution in [2.45, 2.75) is 31.4 Å². The summed E-state index contributed by atoms with van der Waals surface area (Å²) in [6.07, 6.45) is -1.17. The molecule has 1 amide bonds. The van der Waals surface area contributed by atoms with Gasteiger partial charge >= 0.3 is 5.69 Å². The Balaban J connectivity index is 1.79. The summed E-state index contributed by atoms with van der Waals surface area (Å²) in [4.78, 5) is 28.2. The van der Waals surface area contributed by atoms with Crippen molar-refractivity contribution in [3.8, 4) is 0 Å². The molecular weight excluding hydrogens is 340 g/mol. The normalized spacial score (nSPS) is 22.3. The van der Waals surface area contributed by atoms with Gasteiger partial charge in [0.05, 0.1) is 18.3 Å². The summed E-state index contributed by atoms with van der Waals surface area (Å²) in [7, 11) is 0. The second kappa shape index (κ2) is 7.65. The Hall–Kier alpha value is -2.75. The highest BCUT2D eigenvalue weighted by Crippen LogP contribution is 2.27. The van der Waals surface area contributed by atoms with Crippen molar-refractivity contribution in [1.82, 2.24) is 14.9 Å². The molecule has 1 aromatic heterocycles. The number of aliphatic hydroxyl groups excluding tert-OH is 2. The molecule has 0 bridgehead atoms. The highest BCUT2D eigenvalue weighted by Gasteiger charge is 2.35. The molecule has 3 atom stereocenters. The van der Waals surface area contributed by atoms with Crippen LogP contribution in [0.2, 0.25) is 0 Å². The zero-order chi connectivity index (χ0) is 18.7. The maximum absolute atomic E-state index is 12.4. The molecule has 0 unspecified atom stereocenters. The topological polar surface area (TPSA) is 140 Å². The molecule has 2 heterocycles. The Labute approximate surface area is 149 Å². The summed E-state index contributed by atoms with van der Waals surface area (Å²) >= 11 is 0. The minimum Gasteiger partial charge on any atom is -0.394 e. The van der Waals surface area contributed by atoms with E-state index in [1.54, 1.807) is 0 Å². The SMILES string of the molecule is Nc1nc(=O)n([C@H]2C[C@H](O)[C@@H](CO)O2)cc1C(=O)NCc1ccccc1. The van der Waals surface area contributed by atoms with Crippen LogP contribution in [0, 0.1) is 0 Å². The van der Waals surface area contributed by atoms with Gasteiger partial charge in [-0.1, -0.05) is 30.3 Å². The summed E-state index contributed by atoms with van der Waals surface area (Å²) in [5.41, 5.74) is 5.97. The first-order valence-electron chi connectivity index (χ1n) is 8.14. The fourth-order valence-electron chi connectivity index (χ4n) is 2.79. The number of rotatable bonds is 5. The average molecular weight is 360 g/mol. The Morgan fingerprint density at radius 2 is 2.12 bits per heavy atom. The molecule has 1 aliphatic rings. The molecule has 2 aromatic rings. The molecule has 9 heteroatoms. The van der Waals surface area contributed by atoms with E-state index in [0.29, 0.717) is 6.54 Å². The lowest BCUT2D eigenvalue weighted by atomic mass is 10.2. The number of aromatic nitrogens is 2. The smallest absolute Gasteiger partial charge is 0.351 e. The number of aliphatic hydroxyl groups is 2. The van der Waals surface area contributed by atoms with E-state index in [-0.39, 0.29) is 24.4 Å². The number of nitrogens with one attached hydrogen (secondary N) is 1. The van der Waals surface area contributed by atoms with Gasteiger partial charge in [-0.2, -0.15) is 4.98 Å². The van der Waals surface area contributed by atoms with Gasteiger partial charge < -0.3 is 26.0 Å². The molecule has 0 saturated carbocycles. The van der Waals surface area contributed by atoms with E-state index < -0.39 is 30.0 Å². The fourth-order valence-corrected chi connectivity index (χ4v) is 2.79. The van der Waals surface area contributed by atoms with Crippen molar-refractivity contribution in [3.63, 3.8) is 0 Å². The number of nitrogens with two attached hydrogens (primary N) is 1. The molecule has 5 N–H and O–H groups in total. The quantitative estimate of drug-likeness (QED) is 0.558. The summed E-state index contributed by atoms with van der Waals surface area (Å²) in [6.45, 7) is -0.0806. The summed E-state index contributed by atoms with van der Waals surface area (Å²) in [5.74, 6) is -0.668. The van der Waals surface area contributed by atoms with Gasteiger partial charge in [-0.05, 0) is 5.56 Å². The lowest BCUT2D eigenvalue weighted by molar-refractivity contribution is -0.0459. The van der Waals surface area contributed by atoms with Gasteiger partial charge in [0, 0.05) is 19.2 Å². The molecule has 26 heavy (non-hydrogen) atoms. The first-order chi connectivity index (χ1) is 12.5. The predicted octanol–water partition coefficient (Wildman–Crippen LogP) is -0.604. The molecule has 0 spiro atoms. The monoisotopic (exact) mass is 360 g/mol. The zero-order valence-electron chi connectivity index (χ0n) is 13.9. The molecule has 0 radical (unpaired) electrons. The van der Waals surface area contributed by atoms with Crippen LogP contribution in [0.15, 0.2) is 41.3 Å². The first-order valence-corrected chi connectivity index (χ1v) is 8.14. The van der Waals surface area contributed by atoms with E-state index in [1.165, 1.54) is 6.20 Å². The predicted molar refractivity (Wildman–Crippen MR) is 92.1 cm³/mol. The van der Waals surface area contributed by atoms with Crippen molar-refractivity contribution in [3.05, 3.63) is 58.1 Å². The van der Waals surface area contributed by atoms with Gasteiger partial charge in [0.15, 0.2) is 0 Å². The van der Waals surface area contributed by atoms with Crippen molar-refractivity contribution in [2.24, 2.45) is 0 Å². The van der Waals surface area contributed by atoms with E-state index in [0.717, 1.165) is 10.1 Å². The summed E-state index contributed by atoms with van der Waals surface area (Å²) < 4.78 is 6.55.